The lowest BCUT2D eigenvalue weighted by Crippen LogP contribution is -2.08. The van der Waals surface area contributed by atoms with Gasteiger partial charge in [0.15, 0.2) is 23.3 Å². The number of hydrogen-bond donors (Lipinski definition) is 3. The molecule has 0 atom stereocenters. The summed E-state index contributed by atoms with van der Waals surface area (Å²) < 4.78 is 53.2. The monoisotopic (exact) mass is 300 g/mol. The zero-order chi connectivity index (χ0) is 15.7. The molecule has 0 heterocycles. The average Bonchev–Trinajstić information content (AvgIpc) is 2.42. The molecule has 0 aromatic heterocycles. The summed E-state index contributed by atoms with van der Waals surface area (Å²) in [6.45, 7) is 0. The molecular formula is C13H8F4N2O2. The first-order valence-corrected chi connectivity index (χ1v) is 5.54. The molecule has 4 N–H and O–H groups in total. The molecule has 110 valence electrons. The van der Waals surface area contributed by atoms with Gasteiger partial charge in [-0.05, 0) is 12.1 Å². The van der Waals surface area contributed by atoms with Gasteiger partial charge < -0.3 is 16.2 Å². The van der Waals surface area contributed by atoms with Gasteiger partial charge in [-0.25, -0.2) is 22.4 Å². The minimum atomic E-state index is -1.64. The third kappa shape index (κ3) is 2.60. The SMILES string of the molecule is Nc1c(Nc2c(F)c(F)cc(F)c2F)cccc1C(=O)O. The van der Waals surface area contributed by atoms with E-state index >= 15 is 0 Å². The second-order valence-corrected chi connectivity index (χ2v) is 4.04. The second kappa shape index (κ2) is 5.31. The van der Waals surface area contributed by atoms with Crippen molar-refractivity contribution in [2.75, 3.05) is 11.1 Å². The Balaban J connectivity index is 2.54. The number of anilines is 3. The molecule has 0 saturated carbocycles. The lowest BCUT2D eigenvalue weighted by molar-refractivity contribution is 0.0698. The van der Waals surface area contributed by atoms with Crippen molar-refractivity contribution >= 4 is 23.0 Å². The molecular weight excluding hydrogens is 292 g/mol. The van der Waals surface area contributed by atoms with E-state index in [4.69, 9.17) is 10.8 Å². The maximum atomic E-state index is 13.5. The Bertz CT molecular complexity index is 708. The summed E-state index contributed by atoms with van der Waals surface area (Å²) in [5, 5.41) is 10.9. The van der Waals surface area contributed by atoms with Gasteiger partial charge >= 0.3 is 5.97 Å². The van der Waals surface area contributed by atoms with E-state index in [1.54, 1.807) is 0 Å². The molecule has 0 aliphatic rings. The normalized spacial score (nSPS) is 10.5. The molecule has 21 heavy (non-hydrogen) atoms. The predicted molar refractivity (Wildman–Crippen MR) is 67.4 cm³/mol. The standard InChI is InChI=1S/C13H8F4N2O2/c14-6-4-7(15)10(17)12(9(6)16)19-8-3-1-2-5(11(8)18)13(20)21/h1-4,19H,18H2,(H,20,21). The Kier molecular flexibility index (Phi) is 3.70. The number of benzene rings is 2. The van der Waals surface area contributed by atoms with Crippen LogP contribution in [0, 0.1) is 23.3 Å². The third-order valence-electron chi connectivity index (χ3n) is 2.71. The van der Waals surface area contributed by atoms with Gasteiger partial charge in [-0.15, -0.1) is 0 Å². The van der Waals surface area contributed by atoms with Crippen LogP contribution in [0.15, 0.2) is 24.3 Å². The smallest absolute Gasteiger partial charge is 0.337 e. The van der Waals surface area contributed by atoms with E-state index in [-0.39, 0.29) is 23.0 Å². The van der Waals surface area contributed by atoms with Gasteiger partial charge in [-0.3, -0.25) is 0 Å². The summed E-state index contributed by atoms with van der Waals surface area (Å²) in [7, 11) is 0. The molecule has 2 rings (SSSR count). The molecule has 0 amide bonds. The number of nitrogens with two attached hydrogens (primary N) is 1. The summed E-state index contributed by atoms with van der Waals surface area (Å²) in [6, 6.07) is 3.70. The van der Waals surface area contributed by atoms with Crippen LogP contribution in [0.25, 0.3) is 0 Å². The Morgan fingerprint density at radius 3 is 2.19 bits per heavy atom. The first-order valence-electron chi connectivity index (χ1n) is 5.54. The van der Waals surface area contributed by atoms with Crippen LogP contribution in [0.4, 0.5) is 34.6 Å². The van der Waals surface area contributed by atoms with E-state index in [0.717, 1.165) is 0 Å². The summed E-state index contributed by atoms with van der Waals surface area (Å²) >= 11 is 0. The van der Waals surface area contributed by atoms with Crippen LogP contribution in [0.1, 0.15) is 10.4 Å². The van der Waals surface area contributed by atoms with Gasteiger partial charge in [0.05, 0.1) is 16.9 Å². The third-order valence-corrected chi connectivity index (χ3v) is 2.71. The number of nitrogen functional groups attached to an aromatic ring is 1. The van der Waals surface area contributed by atoms with Gasteiger partial charge in [0.1, 0.15) is 5.69 Å². The first kappa shape index (κ1) is 14.6. The molecule has 2 aromatic rings. The number of rotatable bonds is 3. The van der Waals surface area contributed by atoms with Crippen molar-refractivity contribution in [3.05, 3.63) is 53.1 Å². The Morgan fingerprint density at radius 2 is 1.67 bits per heavy atom. The second-order valence-electron chi connectivity index (χ2n) is 4.04. The van der Waals surface area contributed by atoms with Crippen molar-refractivity contribution in [3.63, 3.8) is 0 Å². The Labute approximate surface area is 115 Å². The van der Waals surface area contributed by atoms with Crippen molar-refractivity contribution in [2.24, 2.45) is 0 Å². The minimum Gasteiger partial charge on any atom is -0.478 e. The first-order chi connectivity index (χ1) is 9.82. The van der Waals surface area contributed by atoms with Crippen LogP contribution >= 0.6 is 0 Å². The number of carbonyl (C=O) groups is 1. The van der Waals surface area contributed by atoms with Gasteiger partial charge in [0.2, 0.25) is 0 Å². The highest BCUT2D eigenvalue weighted by Gasteiger charge is 2.20. The maximum Gasteiger partial charge on any atom is 0.337 e. The van der Waals surface area contributed by atoms with Crippen molar-refractivity contribution in [1.29, 1.82) is 0 Å². The van der Waals surface area contributed by atoms with E-state index < -0.39 is 34.9 Å². The fourth-order valence-electron chi connectivity index (χ4n) is 1.68. The van der Waals surface area contributed by atoms with Crippen LogP contribution in [-0.4, -0.2) is 11.1 Å². The van der Waals surface area contributed by atoms with E-state index in [1.807, 2.05) is 0 Å². The number of para-hydroxylation sites is 1. The number of hydrogen-bond acceptors (Lipinski definition) is 3. The molecule has 0 radical (unpaired) electrons. The fourth-order valence-corrected chi connectivity index (χ4v) is 1.68. The summed E-state index contributed by atoms with van der Waals surface area (Å²) in [4.78, 5) is 10.9. The van der Waals surface area contributed by atoms with Crippen molar-refractivity contribution in [1.82, 2.24) is 0 Å². The molecule has 0 aliphatic heterocycles. The zero-order valence-corrected chi connectivity index (χ0v) is 10.3. The van der Waals surface area contributed by atoms with E-state index in [1.165, 1.54) is 18.2 Å². The predicted octanol–water partition coefficient (Wildman–Crippen LogP) is 3.27. The minimum absolute atomic E-state index is 0.0624. The fraction of sp³-hybridized carbons (Fsp3) is 0. The Hall–Kier alpha value is -2.77. The summed E-state index contributed by atoms with van der Waals surface area (Å²) in [6.07, 6.45) is 0. The van der Waals surface area contributed by atoms with Crippen molar-refractivity contribution in [3.8, 4) is 0 Å². The van der Waals surface area contributed by atoms with Gasteiger partial charge in [0.25, 0.3) is 0 Å². The number of carboxylic acid groups (broad SMARTS) is 1. The van der Waals surface area contributed by atoms with Crippen molar-refractivity contribution < 1.29 is 27.5 Å². The van der Waals surface area contributed by atoms with Gasteiger partial charge in [-0.1, -0.05) is 6.07 Å². The zero-order valence-electron chi connectivity index (χ0n) is 10.3. The van der Waals surface area contributed by atoms with Gasteiger partial charge in [-0.2, -0.15) is 0 Å². The Morgan fingerprint density at radius 1 is 1.10 bits per heavy atom. The van der Waals surface area contributed by atoms with E-state index in [9.17, 15) is 22.4 Å². The lowest BCUT2D eigenvalue weighted by Gasteiger charge is -2.13. The highest BCUT2D eigenvalue weighted by molar-refractivity contribution is 5.97. The van der Waals surface area contributed by atoms with Crippen LogP contribution in [-0.2, 0) is 0 Å². The highest BCUT2D eigenvalue weighted by Crippen LogP contribution is 2.31. The topological polar surface area (TPSA) is 75.3 Å². The van der Waals surface area contributed by atoms with Gasteiger partial charge in [0, 0.05) is 6.07 Å². The molecule has 0 aliphatic carbocycles. The largest absolute Gasteiger partial charge is 0.478 e. The summed E-state index contributed by atoms with van der Waals surface area (Å²) in [5.41, 5.74) is 3.59. The number of carboxylic acids is 1. The molecule has 0 fully saturated rings. The van der Waals surface area contributed by atoms with E-state index in [2.05, 4.69) is 5.32 Å². The molecule has 0 spiro atoms. The molecule has 4 nitrogen and oxygen atoms in total. The molecule has 8 heteroatoms. The number of halogens is 4. The summed E-state index contributed by atoms with van der Waals surface area (Å²) in [5.74, 6) is -7.83. The highest BCUT2D eigenvalue weighted by atomic mass is 19.2. The molecule has 2 aromatic carbocycles. The van der Waals surface area contributed by atoms with Crippen LogP contribution in [0.5, 0.6) is 0 Å². The molecule has 0 bridgehead atoms. The number of aromatic carboxylic acids is 1. The lowest BCUT2D eigenvalue weighted by atomic mass is 10.1. The average molecular weight is 300 g/mol. The van der Waals surface area contributed by atoms with Crippen LogP contribution < -0.4 is 11.1 Å². The van der Waals surface area contributed by atoms with Crippen LogP contribution in [0.2, 0.25) is 0 Å². The van der Waals surface area contributed by atoms with Crippen LogP contribution in [0.3, 0.4) is 0 Å². The van der Waals surface area contributed by atoms with Crippen molar-refractivity contribution in [2.45, 2.75) is 0 Å². The number of nitrogens with one attached hydrogen (secondary N) is 1. The molecule has 0 saturated heterocycles. The van der Waals surface area contributed by atoms with E-state index in [0.29, 0.717) is 0 Å². The maximum absolute atomic E-state index is 13.5. The quantitative estimate of drug-likeness (QED) is 0.462. The molecule has 0 unspecified atom stereocenters.